The lowest BCUT2D eigenvalue weighted by atomic mass is 10.3. The van der Waals surface area contributed by atoms with Gasteiger partial charge in [0.2, 0.25) is 0 Å². The van der Waals surface area contributed by atoms with Crippen LogP contribution in [0.25, 0.3) is 0 Å². The Labute approximate surface area is 117 Å². The highest BCUT2D eigenvalue weighted by Crippen LogP contribution is 2.14. The van der Waals surface area contributed by atoms with E-state index in [1.807, 2.05) is 6.92 Å². The predicted octanol–water partition coefficient (Wildman–Crippen LogP) is 1.71. The second kappa shape index (κ2) is 7.13. The summed E-state index contributed by atoms with van der Waals surface area (Å²) in [6.45, 7) is 3.05. The Hall–Kier alpha value is -1.40. The van der Waals surface area contributed by atoms with Gasteiger partial charge >= 0.3 is 0 Å². The number of thiocarbonyl (C=S) groups is 1. The number of guanidine groups is 1. The van der Waals surface area contributed by atoms with Crippen LogP contribution in [0.15, 0.2) is 18.3 Å². The minimum absolute atomic E-state index is 0.134. The molecule has 0 unspecified atom stereocenters. The summed E-state index contributed by atoms with van der Waals surface area (Å²) in [4.78, 5) is 5.61. The minimum atomic E-state index is -0.134. The fourth-order valence-electron chi connectivity index (χ4n) is 1.28. The molecule has 0 aliphatic heterocycles. The normalized spacial score (nSPS) is 9.89. The molecule has 18 heavy (non-hydrogen) atoms. The van der Waals surface area contributed by atoms with Crippen LogP contribution in [0.1, 0.15) is 19.0 Å². The minimum Gasteiger partial charge on any atom is -0.370 e. The van der Waals surface area contributed by atoms with Crippen molar-refractivity contribution >= 4 is 34.9 Å². The zero-order chi connectivity index (χ0) is 13.5. The molecule has 0 bridgehead atoms. The maximum Gasteiger partial charge on any atom is 0.195 e. The van der Waals surface area contributed by atoms with Gasteiger partial charge in [-0.25, -0.2) is 0 Å². The Morgan fingerprint density at radius 3 is 2.94 bits per heavy atom. The van der Waals surface area contributed by atoms with Crippen LogP contribution in [0, 0.1) is 5.41 Å². The molecule has 0 atom stereocenters. The number of hydrogen-bond acceptors (Lipinski definition) is 3. The number of nitrogens with one attached hydrogen (secondary N) is 2. The molecule has 0 amide bonds. The Bertz CT molecular complexity index is 437. The van der Waals surface area contributed by atoms with Crippen molar-refractivity contribution in [1.29, 1.82) is 5.41 Å². The SMILES string of the molecule is CCCNC(=S)N(Cc1ncccc1Cl)C(=N)N. The number of nitrogens with two attached hydrogens (primary N) is 1. The molecular formula is C11H16ClN5S. The standard InChI is InChI=1S/C11H16ClN5S/c1-2-5-16-11(18)17(10(13)14)7-9-8(12)4-3-6-15-9/h3-4,6H,2,5,7H2,1H3,(H3,13,14)(H,16,18). The first-order valence-electron chi connectivity index (χ1n) is 5.55. The Morgan fingerprint density at radius 2 is 2.39 bits per heavy atom. The van der Waals surface area contributed by atoms with E-state index < -0.39 is 0 Å². The summed E-state index contributed by atoms with van der Waals surface area (Å²) in [6, 6.07) is 3.49. The van der Waals surface area contributed by atoms with Gasteiger partial charge in [0, 0.05) is 12.7 Å². The molecule has 0 aromatic carbocycles. The molecule has 1 aromatic heterocycles. The largest absolute Gasteiger partial charge is 0.370 e. The number of hydrogen-bond donors (Lipinski definition) is 3. The third kappa shape index (κ3) is 4.12. The monoisotopic (exact) mass is 285 g/mol. The second-order valence-electron chi connectivity index (χ2n) is 3.64. The molecule has 0 saturated carbocycles. The van der Waals surface area contributed by atoms with E-state index in [4.69, 9.17) is 35.0 Å². The molecule has 0 aliphatic rings. The maximum absolute atomic E-state index is 7.54. The average Bonchev–Trinajstić information content (AvgIpc) is 2.34. The van der Waals surface area contributed by atoms with E-state index in [1.54, 1.807) is 18.3 Å². The van der Waals surface area contributed by atoms with Gasteiger partial charge in [-0.2, -0.15) is 0 Å². The van der Waals surface area contributed by atoms with Crippen LogP contribution in [0.5, 0.6) is 0 Å². The topological polar surface area (TPSA) is 78.0 Å². The van der Waals surface area contributed by atoms with Crippen molar-refractivity contribution in [2.75, 3.05) is 6.54 Å². The number of rotatable bonds is 4. The Morgan fingerprint density at radius 1 is 1.67 bits per heavy atom. The first-order chi connectivity index (χ1) is 8.56. The van der Waals surface area contributed by atoms with Crippen LogP contribution in [-0.4, -0.2) is 27.5 Å². The molecule has 5 nitrogen and oxygen atoms in total. The van der Waals surface area contributed by atoms with E-state index in [-0.39, 0.29) is 12.5 Å². The summed E-state index contributed by atoms with van der Waals surface area (Å²) in [5.41, 5.74) is 6.15. The molecule has 1 aromatic rings. The highest BCUT2D eigenvalue weighted by Gasteiger charge is 2.15. The number of halogens is 1. The van der Waals surface area contributed by atoms with Crippen LogP contribution >= 0.6 is 23.8 Å². The maximum atomic E-state index is 7.54. The number of nitrogens with zero attached hydrogens (tertiary/aromatic N) is 2. The van der Waals surface area contributed by atoms with E-state index in [1.165, 1.54) is 4.90 Å². The van der Waals surface area contributed by atoms with Gasteiger partial charge in [-0.1, -0.05) is 18.5 Å². The summed E-state index contributed by atoms with van der Waals surface area (Å²) < 4.78 is 0. The van der Waals surface area contributed by atoms with Crippen molar-refractivity contribution in [2.45, 2.75) is 19.9 Å². The molecule has 0 radical (unpaired) electrons. The van der Waals surface area contributed by atoms with Crippen LogP contribution in [0.2, 0.25) is 5.02 Å². The van der Waals surface area contributed by atoms with E-state index >= 15 is 0 Å². The van der Waals surface area contributed by atoms with Gasteiger partial charge in [0.25, 0.3) is 0 Å². The molecule has 98 valence electrons. The summed E-state index contributed by atoms with van der Waals surface area (Å²) in [7, 11) is 0. The predicted molar refractivity (Wildman–Crippen MR) is 77.6 cm³/mol. The average molecular weight is 286 g/mol. The highest BCUT2D eigenvalue weighted by molar-refractivity contribution is 7.80. The van der Waals surface area contributed by atoms with Crippen molar-refractivity contribution in [2.24, 2.45) is 5.73 Å². The molecule has 0 saturated heterocycles. The lowest BCUT2D eigenvalue weighted by Gasteiger charge is -2.23. The van der Waals surface area contributed by atoms with Crippen molar-refractivity contribution in [1.82, 2.24) is 15.2 Å². The quantitative estimate of drug-likeness (QED) is 0.446. The fourth-order valence-corrected chi connectivity index (χ4v) is 1.72. The summed E-state index contributed by atoms with van der Waals surface area (Å²) in [5, 5.41) is 11.5. The van der Waals surface area contributed by atoms with Gasteiger partial charge < -0.3 is 11.1 Å². The number of pyridine rings is 1. The molecule has 0 aliphatic carbocycles. The third-order valence-electron chi connectivity index (χ3n) is 2.20. The summed E-state index contributed by atoms with van der Waals surface area (Å²) in [6.07, 6.45) is 2.58. The smallest absolute Gasteiger partial charge is 0.195 e. The molecule has 0 fully saturated rings. The van der Waals surface area contributed by atoms with Crippen LogP contribution < -0.4 is 11.1 Å². The Kier molecular flexibility index (Phi) is 5.80. The first-order valence-corrected chi connectivity index (χ1v) is 6.33. The first kappa shape index (κ1) is 14.7. The van der Waals surface area contributed by atoms with Gasteiger partial charge in [-0.15, -0.1) is 0 Å². The third-order valence-corrected chi connectivity index (χ3v) is 2.91. The van der Waals surface area contributed by atoms with Gasteiger partial charge in [0.05, 0.1) is 17.3 Å². The lowest BCUT2D eigenvalue weighted by molar-refractivity contribution is 0.565. The zero-order valence-electron chi connectivity index (χ0n) is 10.1. The van der Waals surface area contributed by atoms with Crippen molar-refractivity contribution in [3.63, 3.8) is 0 Å². The molecule has 1 rings (SSSR count). The summed E-state index contributed by atoms with van der Waals surface area (Å²) in [5.74, 6) is -0.134. The molecule has 1 heterocycles. The molecule has 0 spiro atoms. The molecule has 7 heteroatoms. The summed E-state index contributed by atoms with van der Waals surface area (Å²) >= 11 is 11.2. The van der Waals surface area contributed by atoms with Crippen LogP contribution in [-0.2, 0) is 6.54 Å². The van der Waals surface area contributed by atoms with Gasteiger partial charge in [0.1, 0.15) is 0 Å². The molecule has 4 N–H and O–H groups in total. The van der Waals surface area contributed by atoms with E-state index in [9.17, 15) is 0 Å². The van der Waals surface area contributed by atoms with E-state index in [0.29, 0.717) is 15.8 Å². The molecular weight excluding hydrogens is 270 g/mol. The van der Waals surface area contributed by atoms with Crippen molar-refractivity contribution < 1.29 is 0 Å². The van der Waals surface area contributed by atoms with E-state index in [0.717, 1.165) is 13.0 Å². The second-order valence-corrected chi connectivity index (χ2v) is 4.43. The van der Waals surface area contributed by atoms with Crippen molar-refractivity contribution in [3.8, 4) is 0 Å². The van der Waals surface area contributed by atoms with Crippen molar-refractivity contribution in [3.05, 3.63) is 29.0 Å². The lowest BCUT2D eigenvalue weighted by Crippen LogP contribution is -2.46. The van der Waals surface area contributed by atoms with Gasteiger partial charge in [-0.3, -0.25) is 15.3 Å². The highest BCUT2D eigenvalue weighted by atomic mass is 35.5. The van der Waals surface area contributed by atoms with E-state index in [2.05, 4.69) is 10.3 Å². The van der Waals surface area contributed by atoms with Crippen LogP contribution in [0.4, 0.5) is 0 Å². The number of aromatic nitrogens is 1. The van der Waals surface area contributed by atoms with Gasteiger partial charge in [-0.05, 0) is 30.8 Å². The Balaban J connectivity index is 2.78. The van der Waals surface area contributed by atoms with Gasteiger partial charge in [0.15, 0.2) is 11.1 Å². The fraction of sp³-hybridized carbons (Fsp3) is 0.364. The van der Waals surface area contributed by atoms with Crippen LogP contribution in [0.3, 0.4) is 0 Å². The zero-order valence-corrected chi connectivity index (χ0v) is 11.7.